The number of carbonyl (C=O) groups is 1. The van der Waals surface area contributed by atoms with Gasteiger partial charge in [0.05, 0.1) is 23.3 Å². The van der Waals surface area contributed by atoms with Crippen molar-refractivity contribution >= 4 is 56.3 Å². The van der Waals surface area contributed by atoms with E-state index >= 15 is 0 Å². The lowest BCUT2D eigenvalue weighted by Crippen LogP contribution is -2.42. The molecule has 6 nitrogen and oxygen atoms in total. The van der Waals surface area contributed by atoms with Crippen LogP contribution in [0.3, 0.4) is 0 Å². The SMILES string of the molecule is CSc1nnc(SCC(=O)N(c2ccccc2)[C@@H]2CCS(=O)(=O)C2)s1. The Hall–Kier alpha value is -1.10. The van der Waals surface area contributed by atoms with Crippen LogP contribution in [0.25, 0.3) is 0 Å². The summed E-state index contributed by atoms with van der Waals surface area (Å²) in [6.07, 6.45) is 2.40. The van der Waals surface area contributed by atoms with E-state index in [0.29, 0.717) is 6.42 Å². The van der Waals surface area contributed by atoms with Crippen LogP contribution in [0.1, 0.15) is 6.42 Å². The first kappa shape index (κ1) is 18.7. The summed E-state index contributed by atoms with van der Waals surface area (Å²) in [5.41, 5.74) is 0.734. The molecule has 0 unspecified atom stereocenters. The van der Waals surface area contributed by atoms with Crippen molar-refractivity contribution in [1.82, 2.24) is 10.2 Å². The molecule has 1 aliphatic rings. The maximum atomic E-state index is 12.9. The maximum Gasteiger partial charge on any atom is 0.237 e. The van der Waals surface area contributed by atoms with Gasteiger partial charge in [0.15, 0.2) is 18.5 Å². The molecule has 134 valence electrons. The summed E-state index contributed by atoms with van der Waals surface area (Å²) in [5, 5.41) is 8.07. The fourth-order valence-electron chi connectivity index (χ4n) is 2.66. The molecule has 3 rings (SSSR count). The van der Waals surface area contributed by atoms with Gasteiger partial charge in [0.1, 0.15) is 0 Å². The average Bonchev–Trinajstić information content (AvgIpc) is 3.20. The first-order valence-corrected chi connectivity index (χ1v) is 12.4. The summed E-state index contributed by atoms with van der Waals surface area (Å²) >= 11 is 4.31. The Labute approximate surface area is 159 Å². The Bertz CT molecular complexity index is 839. The topological polar surface area (TPSA) is 80.2 Å². The maximum absolute atomic E-state index is 12.9. The third-order valence-electron chi connectivity index (χ3n) is 3.76. The number of hydrogen-bond acceptors (Lipinski definition) is 8. The molecule has 1 aliphatic heterocycles. The normalized spacial score (nSPS) is 19.0. The van der Waals surface area contributed by atoms with Gasteiger partial charge in [0, 0.05) is 5.69 Å². The zero-order valence-corrected chi connectivity index (χ0v) is 16.8. The standard InChI is InChI=1S/C15H17N3O3S4/c1-22-14-16-17-15(24-14)23-9-13(19)18(11-5-3-2-4-6-11)12-7-8-25(20,21)10-12/h2-6,12H,7-10H2,1H3/t12-/m1/s1. The third kappa shape index (κ3) is 4.75. The van der Waals surface area contributed by atoms with Gasteiger partial charge in [0.25, 0.3) is 0 Å². The van der Waals surface area contributed by atoms with Crippen LogP contribution in [0, 0.1) is 0 Å². The molecule has 0 radical (unpaired) electrons. The number of amides is 1. The predicted octanol–water partition coefficient (Wildman–Crippen LogP) is 2.57. The molecule has 1 fully saturated rings. The number of benzene rings is 1. The molecular formula is C15H17N3O3S4. The molecule has 0 spiro atoms. The molecular weight excluding hydrogens is 398 g/mol. The number of rotatable bonds is 6. The molecule has 1 amide bonds. The van der Waals surface area contributed by atoms with Crippen LogP contribution in [-0.4, -0.2) is 54.1 Å². The molecule has 1 aromatic heterocycles. The number of aromatic nitrogens is 2. The summed E-state index contributed by atoms with van der Waals surface area (Å²) in [4.78, 5) is 14.5. The van der Waals surface area contributed by atoms with Crippen LogP contribution in [-0.2, 0) is 14.6 Å². The monoisotopic (exact) mass is 415 g/mol. The number of carbonyl (C=O) groups excluding carboxylic acids is 1. The van der Waals surface area contributed by atoms with E-state index in [-0.39, 0.29) is 29.2 Å². The highest BCUT2D eigenvalue weighted by Gasteiger charge is 2.35. The van der Waals surface area contributed by atoms with E-state index < -0.39 is 9.84 Å². The number of anilines is 1. The second kappa shape index (κ2) is 8.07. The average molecular weight is 416 g/mol. The second-order valence-electron chi connectivity index (χ2n) is 5.48. The Morgan fingerprint density at radius 1 is 1.28 bits per heavy atom. The van der Waals surface area contributed by atoms with Gasteiger partial charge in [-0.1, -0.05) is 53.1 Å². The highest BCUT2D eigenvalue weighted by Crippen LogP contribution is 2.29. The van der Waals surface area contributed by atoms with Crippen LogP contribution in [0.2, 0.25) is 0 Å². The molecule has 2 heterocycles. The van der Waals surface area contributed by atoms with Crippen LogP contribution < -0.4 is 4.90 Å². The smallest absolute Gasteiger partial charge is 0.237 e. The third-order valence-corrected chi connectivity index (χ3v) is 8.53. The van der Waals surface area contributed by atoms with Gasteiger partial charge in [-0.3, -0.25) is 4.79 Å². The lowest BCUT2D eigenvalue weighted by molar-refractivity contribution is -0.116. The molecule has 1 aromatic carbocycles. The molecule has 0 N–H and O–H groups in total. The Morgan fingerprint density at radius 3 is 2.60 bits per heavy atom. The van der Waals surface area contributed by atoms with Gasteiger partial charge >= 0.3 is 0 Å². The number of hydrogen-bond donors (Lipinski definition) is 0. The highest BCUT2D eigenvalue weighted by atomic mass is 32.2. The number of thioether (sulfide) groups is 2. The molecule has 10 heteroatoms. The van der Waals surface area contributed by atoms with Crippen LogP contribution in [0.15, 0.2) is 39.0 Å². The first-order chi connectivity index (χ1) is 12.0. The van der Waals surface area contributed by atoms with Crippen LogP contribution in [0.4, 0.5) is 5.69 Å². The van der Waals surface area contributed by atoms with E-state index in [0.717, 1.165) is 14.4 Å². The van der Waals surface area contributed by atoms with Gasteiger partial charge in [-0.15, -0.1) is 10.2 Å². The van der Waals surface area contributed by atoms with E-state index in [1.54, 1.807) is 4.90 Å². The summed E-state index contributed by atoms with van der Waals surface area (Å²) in [7, 11) is -3.07. The second-order valence-corrected chi connectivity index (χ2v) is 11.0. The minimum absolute atomic E-state index is 0.0216. The Morgan fingerprint density at radius 2 is 2.00 bits per heavy atom. The lowest BCUT2D eigenvalue weighted by Gasteiger charge is -2.28. The van der Waals surface area contributed by atoms with Crippen molar-refractivity contribution in [2.75, 3.05) is 28.4 Å². The molecule has 0 saturated carbocycles. The quantitative estimate of drug-likeness (QED) is 0.671. The largest absolute Gasteiger partial charge is 0.308 e. The minimum atomic E-state index is -3.07. The number of sulfone groups is 1. The minimum Gasteiger partial charge on any atom is -0.308 e. The summed E-state index contributed by atoms with van der Waals surface area (Å²) in [6, 6.07) is 8.94. The fourth-order valence-corrected chi connectivity index (χ4v) is 6.65. The molecule has 1 saturated heterocycles. The Balaban J connectivity index is 1.75. The van der Waals surface area contributed by atoms with E-state index in [1.165, 1.54) is 34.9 Å². The molecule has 1 atom stereocenters. The number of para-hydroxylation sites is 1. The Kier molecular flexibility index (Phi) is 6.03. The van der Waals surface area contributed by atoms with Gasteiger partial charge < -0.3 is 4.90 Å². The molecule has 2 aromatic rings. The van der Waals surface area contributed by atoms with Gasteiger partial charge in [-0.2, -0.15) is 0 Å². The molecule has 25 heavy (non-hydrogen) atoms. The van der Waals surface area contributed by atoms with E-state index in [4.69, 9.17) is 0 Å². The molecule has 0 bridgehead atoms. The van der Waals surface area contributed by atoms with Crippen molar-refractivity contribution in [3.8, 4) is 0 Å². The zero-order valence-electron chi connectivity index (χ0n) is 13.5. The fraction of sp³-hybridized carbons (Fsp3) is 0.400. The van der Waals surface area contributed by atoms with Gasteiger partial charge in [0.2, 0.25) is 5.91 Å². The molecule has 0 aliphatic carbocycles. The van der Waals surface area contributed by atoms with E-state index in [2.05, 4.69) is 10.2 Å². The predicted molar refractivity (Wildman–Crippen MR) is 103 cm³/mol. The summed E-state index contributed by atoms with van der Waals surface area (Å²) in [6.45, 7) is 0. The van der Waals surface area contributed by atoms with Crippen molar-refractivity contribution in [2.24, 2.45) is 0 Å². The van der Waals surface area contributed by atoms with Crippen molar-refractivity contribution in [1.29, 1.82) is 0 Å². The van der Waals surface area contributed by atoms with E-state index in [1.807, 2.05) is 36.6 Å². The van der Waals surface area contributed by atoms with Crippen LogP contribution in [0.5, 0.6) is 0 Å². The van der Waals surface area contributed by atoms with E-state index in [9.17, 15) is 13.2 Å². The van der Waals surface area contributed by atoms with Crippen LogP contribution >= 0.6 is 34.9 Å². The zero-order chi connectivity index (χ0) is 17.9. The van der Waals surface area contributed by atoms with Crippen molar-refractivity contribution < 1.29 is 13.2 Å². The van der Waals surface area contributed by atoms with Gasteiger partial charge in [-0.05, 0) is 24.8 Å². The summed E-state index contributed by atoms with van der Waals surface area (Å²) in [5.74, 6) is 0.246. The van der Waals surface area contributed by atoms with Gasteiger partial charge in [-0.25, -0.2) is 8.42 Å². The van der Waals surface area contributed by atoms with Crippen molar-refractivity contribution in [3.05, 3.63) is 30.3 Å². The number of nitrogens with zero attached hydrogens (tertiary/aromatic N) is 3. The van der Waals surface area contributed by atoms with Crippen molar-refractivity contribution in [2.45, 2.75) is 21.1 Å². The lowest BCUT2D eigenvalue weighted by atomic mass is 10.2. The van der Waals surface area contributed by atoms with Crippen molar-refractivity contribution in [3.63, 3.8) is 0 Å². The first-order valence-electron chi connectivity index (χ1n) is 7.56. The highest BCUT2D eigenvalue weighted by molar-refractivity contribution is 8.03. The summed E-state index contributed by atoms with van der Waals surface area (Å²) < 4.78 is 25.3.